The van der Waals surface area contributed by atoms with Gasteiger partial charge in [0, 0.05) is 12.6 Å². The third kappa shape index (κ3) is 1.04. The summed E-state index contributed by atoms with van der Waals surface area (Å²) in [7, 11) is -3.37. The van der Waals surface area contributed by atoms with Crippen LogP contribution in [0.2, 0.25) is 0 Å². The van der Waals surface area contributed by atoms with Gasteiger partial charge in [0.1, 0.15) is 0 Å². The Morgan fingerprint density at radius 2 is 2.00 bits per heavy atom. The van der Waals surface area contributed by atoms with E-state index in [0.717, 1.165) is 5.56 Å². The van der Waals surface area contributed by atoms with Crippen LogP contribution in [0, 0.1) is 0 Å². The minimum atomic E-state index is -3.37. The summed E-state index contributed by atoms with van der Waals surface area (Å²) >= 11 is 0. The van der Waals surface area contributed by atoms with Gasteiger partial charge in [-0.2, -0.15) is 12.8 Å². The molecule has 1 aliphatic rings. The van der Waals surface area contributed by atoms with Gasteiger partial charge >= 0.3 is 0 Å². The summed E-state index contributed by atoms with van der Waals surface area (Å²) in [5.74, 6) is 0. The third-order valence-electron chi connectivity index (χ3n) is 1.78. The van der Waals surface area contributed by atoms with Crippen LogP contribution in [0.1, 0.15) is 5.56 Å². The zero-order valence-electron chi connectivity index (χ0n) is 6.27. The van der Waals surface area contributed by atoms with Crippen LogP contribution >= 0.6 is 0 Å². The fourth-order valence-corrected chi connectivity index (χ4v) is 2.33. The lowest BCUT2D eigenvalue weighted by atomic mass is 10.2. The quantitative estimate of drug-likeness (QED) is 0.599. The van der Waals surface area contributed by atoms with E-state index in [0.29, 0.717) is 11.3 Å². The number of benzene rings is 1. The standard InChI is InChI=1S/C8H7NO2S/c10-12(11)8-4-2-1-3-7(8)5-6-9-12/h1-4,6H,5H2. The molecule has 0 saturated heterocycles. The zero-order chi connectivity index (χ0) is 8.60. The van der Waals surface area contributed by atoms with Gasteiger partial charge in [-0.1, -0.05) is 18.2 Å². The first kappa shape index (κ1) is 7.49. The lowest BCUT2D eigenvalue weighted by Crippen LogP contribution is -2.07. The van der Waals surface area contributed by atoms with Crippen molar-refractivity contribution in [1.29, 1.82) is 0 Å². The second-order valence-electron chi connectivity index (χ2n) is 2.57. The van der Waals surface area contributed by atoms with E-state index in [2.05, 4.69) is 4.40 Å². The third-order valence-corrected chi connectivity index (χ3v) is 3.16. The van der Waals surface area contributed by atoms with E-state index in [1.165, 1.54) is 6.21 Å². The molecule has 0 unspecified atom stereocenters. The average Bonchev–Trinajstić information content (AvgIpc) is 2.04. The van der Waals surface area contributed by atoms with Crippen molar-refractivity contribution in [1.82, 2.24) is 0 Å². The molecule has 0 fully saturated rings. The van der Waals surface area contributed by atoms with E-state index in [-0.39, 0.29) is 0 Å². The molecule has 1 aromatic carbocycles. The fourth-order valence-electron chi connectivity index (χ4n) is 1.21. The molecule has 1 heterocycles. The molecule has 0 atom stereocenters. The molecule has 0 amide bonds. The molecule has 12 heavy (non-hydrogen) atoms. The first-order valence-electron chi connectivity index (χ1n) is 3.57. The van der Waals surface area contributed by atoms with Crippen molar-refractivity contribution < 1.29 is 8.42 Å². The first-order valence-corrected chi connectivity index (χ1v) is 5.01. The molecule has 3 nitrogen and oxygen atoms in total. The topological polar surface area (TPSA) is 46.5 Å². The number of hydrogen-bond donors (Lipinski definition) is 0. The lowest BCUT2D eigenvalue weighted by Gasteiger charge is -2.08. The monoisotopic (exact) mass is 181 g/mol. The smallest absolute Gasteiger partial charge is 0.199 e. The van der Waals surface area contributed by atoms with Crippen molar-refractivity contribution in [2.75, 3.05) is 0 Å². The highest BCUT2D eigenvalue weighted by atomic mass is 32.2. The Labute approximate surface area is 70.8 Å². The van der Waals surface area contributed by atoms with Crippen molar-refractivity contribution in [3.63, 3.8) is 0 Å². The Morgan fingerprint density at radius 1 is 1.25 bits per heavy atom. The molecule has 0 aromatic heterocycles. The predicted molar refractivity (Wildman–Crippen MR) is 45.8 cm³/mol. The van der Waals surface area contributed by atoms with Crippen LogP contribution in [0.25, 0.3) is 0 Å². The van der Waals surface area contributed by atoms with Gasteiger partial charge in [0.05, 0.1) is 4.90 Å². The Hall–Kier alpha value is -1.16. The maximum atomic E-state index is 11.3. The highest BCUT2D eigenvalue weighted by Crippen LogP contribution is 2.20. The SMILES string of the molecule is O=S1(=O)N=CCc2ccccc21. The summed E-state index contributed by atoms with van der Waals surface area (Å²) in [6, 6.07) is 6.92. The summed E-state index contributed by atoms with van der Waals surface area (Å²) in [5, 5.41) is 0. The highest BCUT2D eigenvalue weighted by Gasteiger charge is 2.18. The lowest BCUT2D eigenvalue weighted by molar-refractivity contribution is 0.596. The molecule has 0 bridgehead atoms. The fraction of sp³-hybridized carbons (Fsp3) is 0.125. The zero-order valence-corrected chi connectivity index (χ0v) is 7.08. The van der Waals surface area contributed by atoms with Crippen LogP contribution in [-0.4, -0.2) is 14.6 Å². The Bertz CT molecular complexity index is 434. The van der Waals surface area contributed by atoms with Crippen LogP contribution < -0.4 is 0 Å². The second-order valence-corrected chi connectivity index (χ2v) is 4.18. The van der Waals surface area contributed by atoms with Crippen molar-refractivity contribution >= 4 is 16.2 Å². The van der Waals surface area contributed by atoms with Crippen LogP contribution in [0.3, 0.4) is 0 Å². The number of fused-ring (bicyclic) bond motifs is 1. The Kier molecular flexibility index (Phi) is 1.51. The second kappa shape index (κ2) is 2.42. The molecule has 0 saturated carbocycles. The normalized spacial score (nSPS) is 18.7. The van der Waals surface area contributed by atoms with Gasteiger partial charge in [-0.15, -0.1) is 0 Å². The van der Waals surface area contributed by atoms with E-state index in [4.69, 9.17) is 0 Å². The van der Waals surface area contributed by atoms with Crippen molar-refractivity contribution in [2.45, 2.75) is 11.3 Å². The predicted octanol–water partition coefficient (Wildman–Crippen LogP) is 1.00. The summed E-state index contributed by atoms with van der Waals surface area (Å²) in [6.07, 6.45) is 2.03. The van der Waals surface area contributed by atoms with Crippen LogP contribution in [-0.2, 0) is 16.4 Å². The summed E-state index contributed by atoms with van der Waals surface area (Å²) in [4.78, 5) is 0.340. The van der Waals surface area contributed by atoms with Gasteiger partial charge in [0.25, 0.3) is 10.0 Å². The van der Waals surface area contributed by atoms with E-state index >= 15 is 0 Å². The van der Waals surface area contributed by atoms with Crippen LogP contribution in [0.5, 0.6) is 0 Å². The van der Waals surface area contributed by atoms with E-state index in [9.17, 15) is 8.42 Å². The minimum Gasteiger partial charge on any atom is -0.199 e. The van der Waals surface area contributed by atoms with Crippen molar-refractivity contribution in [2.24, 2.45) is 4.40 Å². The molecular weight excluding hydrogens is 174 g/mol. The number of nitrogens with zero attached hydrogens (tertiary/aromatic N) is 1. The molecule has 1 aliphatic heterocycles. The Balaban J connectivity index is 2.75. The summed E-state index contributed by atoms with van der Waals surface area (Å²) in [6.45, 7) is 0. The maximum Gasteiger partial charge on any atom is 0.282 e. The Morgan fingerprint density at radius 3 is 2.75 bits per heavy atom. The maximum absolute atomic E-state index is 11.3. The minimum absolute atomic E-state index is 0.340. The number of rotatable bonds is 0. The van der Waals surface area contributed by atoms with E-state index in [1.54, 1.807) is 18.2 Å². The molecule has 0 radical (unpaired) electrons. The first-order chi connectivity index (χ1) is 5.70. The molecule has 62 valence electrons. The molecule has 4 heteroatoms. The van der Waals surface area contributed by atoms with Gasteiger partial charge in [0.15, 0.2) is 0 Å². The molecule has 1 aromatic rings. The van der Waals surface area contributed by atoms with Gasteiger partial charge in [-0.05, 0) is 11.6 Å². The number of hydrogen-bond acceptors (Lipinski definition) is 2. The van der Waals surface area contributed by atoms with Gasteiger partial charge < -0.3 is 0 Å². The molecule has 2 rings (SSSR count). The molecular formula is C8H7NO2S. The van der Waals surface area contributed by atoms with Gasteiger partial charge in [-0.3, -0.25) is 0 Å². The van der Waals surface area contributed by atoms with Crippen LogP contribution in [0.15, 0.2) is 33.6 Å². The van der Waals surface area contributed by atoms with E-state index < -0.39 is 10.0 Å². The highest BCUT2D eigenvalue weighted by molar-refractivity contribution is 7.90. The summed E-state index contributed by atoms with van der Waals surface area (Å²) < 4.78 is 26.0. The van der Waals surface area contributed by atoms with E-state index in [1.807, 2.05) is 6.07 Å². The van der Waals surface area contributed by atoms with Crippen molar-refractivity contribution in [3.05, 3.63) is 29.8 Å². The largest absolute Gasteiger partial charge is 0.282 e. The number of sulfonamides is 1. The van der Waals surface area contributed by atoms with Crippen molar-refractivity contribution in [3.8, 4) is 0 Å². The molecule has 0 N–H and O–H groups in total. The summed E-state index contributed by atoms with van der Waals surface area (Å²) in [5.41, 5.74) is 0.826. The average molecular weight is 181 g/mol. The molecule has 0 aliphatic carbocycles. The molecule has 0 spiro atoms. The van der Waals surface area contributed by atoms with Crippen LogP contribution in [0.4, 0.5) is 0 Å². The van der Waals surface area contributed by atoms with Gasteiger partial charge in [-0.25, -0.2) is 0 Å². The van der Waals surface area contributed by atoms with Gasteiger partial charge in [0.2, 0.25) is 0 Å².